The maximum absolute atomic E-state index is 5.43. The second-order valence-electron chi connectivity index (χ2n) is 4.93. The molecule has 1 N–H and O–H groups in total. The van der Waals surface area contributed by atoms with Crippen molar-refractivity contribution in [3.63, 3.8) is 0 Å². The third-order valence-electron chi connectivity index (χ3n) is 3.26. The van der Waals surface area contributed by atoms with E-state index in [4.69, 9.17) is 9.47 Å². The Morgan fingerprint density at radius 2 is 2.25 bits per heavy atom. The molecule has 106 valence electrons. The zero-order chi connectivity index (χ0) is 13.9. The number of nitrogens with one attached hydrogen (secondary N) is 1. The van der Waals surface area contributed by atoms with E-state index in [-0.39, 0.29) is 0 Å². The number of ether oxygens (including phenoxy) is 2. The Morgan fingerprint density at radius 3 is 3.05 bits per heavy atom. The van der Waals surface area contributed by atoms with E-state index >= 15 is 0 Å². The minimum absolute atomic E-state index is 0.305. The van der Waals surface area contributed by atoms with Gasteiger partial charge in [0.15, 0.2) is 11.5 Å². The molecule has 0 saturated carbocycles. The fraction of sp³-hybridized carbons (Fsp3) is 0.333. The standard InChI is InChI=1S/C15H16BrNO2S/c1-10(4-11-2-3-20-8-11)17-7-12-5-13(16)15-14(6-12)18-9-19-15/h2-3,5-6,8,10,17H,4,7,9H2,1H3. The van der Waals surface area contributed by atoms with E-state index in [2.05, 4.69) is 51.1 Å². The zero-order valence-electron chi connectivity index (χ0n) is 11.2. The van der Waals surface area contributed by atoms with Crippen LogP contribution in [0.3, 0.4) is 0 Å². The minimum Gasteiger partial charge on any atom is -0.454 e. The lowest BCUT2D eigenvalue weighted by Crippen LogP contribution is -2.27. The van der Waals surface area contributed by atoms with Gasteiger partial charge in [-0.3, -0.25) is 0 Å². The van der Waals surface area contributed by atoms with Gasteiger partial charge in [-0.05, 0) is 69.4 Å². The van der Waals surface area contributed by atoms with Crippen molar-refractivity contribution in [1.29, 1.82) is 0 Å². The van der Waals surface area contributed by atoms with Crippen LogP contribution >= 0.6 is 27.3 Å². The molecule has 1 atom stereocenters. The maximum atomic E-state index is 5.43. The van der Waals surface area contributed by atoms with Gasteiger partial charge in [0, 0.05) is 12.6 Å². The fourth-order valence-electron chi connectivity index (χ4n) is 2.25. The molecule has 2 heterocycles. The number of thiophene rings is 1. The summed E-state index contributed by atoms with van der Waals surface area (Å²) in [6, 6.07) is 6.74. The molecule has 0 spiro atoms. The Labute approximate surface area is 131 Å². The highest BCUT2D eigenvalue weighted by atomic mass is 79.9. The fourth-order valence-corrected chi connectivity index (χ4v) is 3.53. The van der Waals surface area contributed by atoms with Gasteiger partial charge in [-0.25, -0.2) is 0 Å². The Kier molecular flexibility index (Phi) is 4.29. The average molecular weight is 354 g/mol. The highest BCUT2D eigenvalue weighted by Gasteiger charge is 2.18. The first-order valence-corrected chi connectivity index (χ1v) is 8.28. The van der Waals surface area contributed by atoms with Gasteiger partial charge in [0.25, 0.3) is 0 Å². The average Bonchev–Trinajstić information content (AvgIpc) is 3.07. The molecule has 3 nitrogen and oxygen atoms in total. The van der Waals surface area contributed by atoms with Gasteiger partial charge in [0.2, 0.25) is 6.79 Å². The molecule has 5 heteroatoms. The van der Waals surface area contributed by atoms with Crippen molar-refractivity contribution in [2.45, 2.75) is 25.9 Å². The van der Waals surface area contributed by atoms with Crippen LogP contribution in [0.1, 0.15) is 18.1 Å². The first kappa shape index (κ1) is 13.9. The van der Waals surface area contributed by atoms with Crippen LogP contribution < -0.4 is 14.8 Å². The summed E-state index contributed by atoms with van der Waals surface area (Å²) in [5, 5.41) is 7.87. The molecular weight excluding hydrogens is 338 g/mol. The summed E-state index contributed by atoms with van der Waals surface area (Å²) in [4.78, 5) is 0. The molecule has 1 aliphatic rings. The molecule has 2 aromatic rings. The molecule has 1 aromatic carbocycles. The maximum Gasteiger partial charge on any atom is 0.231 e. The summed E-state index contributed by atoms with van der Waals surface area (Å²) in [6.45, 7) is 3.33. The van der Waals surface area contributed by atoms with Crippen LogP contribution in [0.25, 0.3) is 0 Å². The highest BCUT2D eigenvalue weighted by molar-refractivity contribution is 9.10. The monoisotopic (exact) mass is 353 g/mol. The Hall–Kier alpha value is -1.04. The molecule has 0 aliphatic carbocycles. The molecule has 3 rings (SSSR count). The number of hydrogen-bond acceptors (Lipinski definition) is 4. The van der Waals surface area contributed by atoms with Crippen molar-refractivity contribution < 1.29 is 9.47 Å². The first-order chi connectivity index (χ1) is 9.72. The number of fused-ring (bicyclic) bond motifs is 1. The van der Waals surface area contributed by atoms with Crippen molar-refractivity contribution in [2.75, 3.05) is 6.79 Å². The third kappa shape index (κ3) is 3.16. The molecule has 0 saturated heterocycles. The van der Waals surface area contributed by atoms with Crippen molar-refractivity contribution in [3.8, 4) is 11.5 Å². The molecule has 0 radical (unpaired) electrons. The van der Waals surface area contributed by atoms with Crippen LogP contribution in [0.5, 0.6) is 11.5 Å². The van der Waals surface area contributed by atoms with Crippen LogP contribution in [-0.2, 0) is 13.0 Å². The molecular formula is C15H16BrNO2S. The van der Waals surface area contributed by atoms with Crippen molar-refractivity contribution in [1.82, 2.24) is 5.32 Å². The minimum atomic E-state index is 0.305. The van der Waals surface area contributed by atoms with E-state index in [0.717, 1.165) is 28.9 Å². The van der Waals surface area contributed by atoms with Crippen molar-refractivity contribution in [3.05, 3.63) is 44.6 Å². The van der Waals surface area contributed by atoms with E-state index in [1.165, 1.54) is 11.1 Å². The molecule has 0 fully saturated rings. The smallest absolute Gasteiger partial charge is 0.231 e. The molecule has 0 amide bonds. The van der Waals surface area contributed by atoms with Crippen LogP contribution in [0, 0.1) is 0 Å². The van der Waals surface area contributed by atoms with E-state index in [1.54, 1.807) is 11.3 Å². The summed E-state index contributed by atoms with van der Waals surface area (Å²) >= 11 is 5.27. The number of hydrogen-bond donors (Lipinski definition) is 1. The quantitative estimate of drug-likeness (QED) is 0.882. The Balaban J connectivity index is 1.59. The van der Waals surface area contributed by atoms with E-state index in [0.29, 0.717) is 12.8 Å². The number of halogens is 1. The first-order valence-electron chi connectivity index (χ1n) is 6.55. The summed E-state index contributed by atoms with van der Waals surface area (Å²) < 4.78 is 11.8. The predicted octanol–water partition coefficient (Wildman–Crippen LogP) is 3.96. The van der Waals surface area contributed by atoms with Crippen LogP contribution in [0.15, 0.2) is 33.4 Å². The van der Waals surface area contributed by atoms with Gasteiger partial charge in [0.1, 0.15) is 0 Å². The third-order valence-corrected chi connectivity index (χ3v) is 4.58. The topological polar surface area (TPSA) is 30.5 Å². The molecule has 0 bridgehead atoms. The van der Waals surface area contributed by atoms with Crippen LogP contribution in [-0.4, -0.2) is 12.8 Å². The largest absolute Gasteiger partial charge is 0.454 e. The van der Waals surface area contributed by atoms with Crippen molar-refractivity contribution in [2.24, 2.45) is 0 Å². The number of rotatable bonds is 5. The van der Waals surface area contributed by atoms with Crippen molar-refractivity contribution >= 4 is 27.3 Å². The summed E-state index contributed by atoms with van der Waals surface area (Å²) in [5.41, 5.74) is 2.58. The molecule has 1 unspecified atom stereocenters. The zero-order valence-corrected chi connectivity index (χ0v) is 13.6. The molecule has 20 heavy (non-hydrogen) atoms. The number of benzene rings is 1. The lowest BCUT2D eigenvalue weighted by Gasteiger charge is -2.13. The Bertz CT molecular complexity index is 586. The summed E-state index contributed by atoms with van der Waals surface area (Å²) in [6.07, 6.45) is 1.05. The molecule has 1 aromatic heterocycles. The predicted molar refractivity (Wildman–Crippen MR) is 84.6 cm³/mol. The normalized spacial score (nSPS) is 14.5. The second-order valence-corrected chi connectivity index (χ2v) is 6.56. The van der Waals surface area contributed by atoms with Gasteiger partial charge in [0.05, 0.1) is 4.47 Å². The van der Waals surface area contributed by atoms with Gasteiger partial charge in [-0.2, -0.15) is 11.3 Å². The van der Waals surface area contributed by atoms with E-state index in [9.17, 15) is 0 Å². The summed E-state index contributed by atoms with van der Waals surface area (Å²) in [7, 11) is 0. The van der Waals surface area contributed by atoms with E-state index in [1.807, 2.05) is 6.07 Å². The lowest BCUT2D eigenvalue weighted by atomic mass is 10.1. The molecule has 1 aliphatic heterocycles. The summed E-state index contributed by atoms with van der Waals surface area (Å²) in [5.74, 6) is 1.63. The van der Waals surface area contributed by atoms with Crippen LogP contribution in [0.4, 0.5) is 0 Å². The van der Waals surface area contributed by atoms with Gasteiger partial charge < -0.3 is 14.8 Å². The van der Waals surface area contributed by atoms with E-state index < -0.39 is 0 Å². The second kappa shape index (κ2) is 6.16. The SMILES string of the molecule is CC(Cc1ccsc1)NCc1cc(Br)c2c(c1)OCO2. The van der Waals surface area contributed by atoms with Crippen LogP contribution in [0.2, 0.25) is 0 Å². The van der Waals surface area contributed by atoms with Gasteiger partial charge in [-0.15, -0.1) is 0 Å². The lowest BCUT2D eigenvalue weighted by molar-refractivity contribution is 0.173. The Morgan fingerprint density at radius 1 is 1.35 bits per heavy atom. The highest BCUT2D eigenvalue weighted by Crippen LogP contribution is 2.39. The van der Waals surface area contributed by atoms with Gasteiger partial charge >= 0.3 is 0 Å². The van der Waals surface area contributed by atoms with Gasteiger partial charge in [-0.1, -0.05) is 0 Å².